The lowest BCUT2D eigenvalue weighted by molar-refractivity contribution is -0.123. The summed E-state index contributed by atoms with van der Waals surface area (Å²) in [5.41, 5.74) is 3.49. The minimum atomic E-state index is -0.462. The first-order valence-electron chi connectivity index (χ1n) is 8.88. The highest BCUT2D eigenvalue weighted by Gasteiger charge is 2.09. The highest BCUT2D eigenvalue weighted by atomic mass is 79.9. The molecule has 0 radical (unpaired) electrons. The number of halogens is 3. The van der Waals surface area contributed by atoms with Crippen LogP contribution in [0.5, 0.6) is 11.5 Å². The van der Waals surface area contributed by atoms with Gasteiger partial charge in [0.1, 0.15) is 11.5 Å². The zero-order chi connectivity index (χ0) is 22.2. The number of hydrogen-bond acceptors (Lipinski definition) is 5. The number of nitrogens with one attached hydrogen (secondary N) is 1. The van der Waals surface area contributed by atoms with Crippen molar-refractivity contribution in [1.29, 1.82) is 0 Å². The molecule has 0 heterocycles. The Labute approximate surface area is 196 Å². The van der Waals surface area contributed by atoms with E-state index in [4.69, 9.17) is 32.7 Å². The van der Waals surface area contributed by atoms with Crippen LogP contribution in [-0.4, -0.2) is 24.7 Å². The maximum absolute atomic E-state index is 12.2. The summed E-state index contributed by atoms with van der Waals surface area (Å²) in [6.45, 7) is -0.261. The fourth-order valence-corrected chi connectivity index (χ4v) is 3.21. The van der Waals surface area contributed by atoms with Gasteiger partial charge in [-0.25, -0.2) is 10.2 Å². The fraction of sp³-hybridized carbons (Fsp3) is 0.0455. The maximum Gasteiger partial charge on any atom is 0.343 e. The molecule has 31 heavy (non-hydrogen) atoms. The van der Waals surface area contributed by atoms with Crippen molar-refractivity contribution in [2.24, 2.45) is 5.10 Å². The van der Waals surface area contributed by atoms with E-state index in [9.17, 15) is 9.59 Å². The number of carbonyl (C=O) groups excluding carboxylic acids is 2. The third kappa shape index (κ3) is 7.10. The molecule has 0 aliphatic carbocycles. The van der Waals surface area contributed by atoms with Gasteiger partial charge in [0.05, 0.1) is 16.8 Å². The molecular formula is C22H15BrCl2N2O4. The van der Waals surface area contributed by atoms with E-state index in [0.29, 0.717) is 32.7 Å². The predicted octanol–water partition coefficient (Wildman–Crippen LogP) is 5.50. The standard InChI is InChI=1S/C22H15BrCl2N2O4/c23-16-3-1-2-15(10-16)22(29)31-18-7-4-14(5-8-18)12-26-27-21(28)13-30-20-9-6-17(24)11-19(20)25/h1-12H,13H2,(H,27,28)/b26-12-. The Balaban J connectivity index is 1.47. The van der Waals surface area contributed by atoms with Gasteiger partial charge < -0.3 is 9.47 Å². The Morgan fingerprint density at radius 1 is 1.03 bits per heavy atom. The first kappa shape index (κ1) is 22.8. The molecule has 0 aliphatic heterocycles. The number of amides is 1. The molecule has 6 nitrogen and oxygen atoms in total. The lowest BCUT2D eigenvalue weighted by Gasteiger charge is -2.07. The molecule has 1 N–H and O–H groups in total. The van der Waals surface area contributed by atoms with E-state index < -0.39 is 11.9 Å². The van der Waals surface area contributed by atoms with E-state index in [0.717, 1.165) is 4.47 Å². The smallest absolute Gasteiger partial charge is 0.343 e. The number of rotatable bonds is 7. The quantitative estimate of drug-likeness (QED) is 0.192. The van der Waals surface area contributed by atoms with Gasteiger partial charge in [-0.3, -0.25) is 4.79 Å². The summed E-state index contributed by atoms with van der Waals surface area (Å²) in [5, 5.41) is 4.65. The molecule has 1 amide bonds. The van der Waals surface area contributed by atoms with Gasteiger partial charge in [-0.2, -0.15) is 5.10 Å². The average molecular weight is 522 g/mol. The third-order valence-corrected chi connectivity index (χ3v) is 4.83. The maximum atomic E-state index is 12.2. The number of carbonyl (C=O) groups is 2. The minimum Gasteiger partial charge on any atom is -0.482 e. The van der Waals surface area contributed by atoms with Crippen LogP contribution in [0.25, 0.3) is 0 Å². The lowest BCUT2D eigenvalue weighted by Crippen LogP contribution is -2.24. The van der Waals surface area contributed by atoms with Crippen molar-refractivity contribution in [3.05, 3.63) is 92.4 Å². The first-order valence-corrected chi connectivity index (χ1v) is 10.4. The Bertz CT molecular complexity index is 1120. The fourth-order valence-electron chi connectivity index (χ4n) is 2.35. The number of nitrogens with zero attached hydrogens (tertiary/aromatic N) is 1. The number of esters is 1. The van der Waals surface area contributed by atoms with Crippen LogP contribution in [0.1, 0.15) is 15.9 Å². The van der Waals surface area contributed by atoms with Crippen molar-refractivity contribution in [3.8, 4) is 11.5 Å². The van der Waals surface area contributed by atoms with Crippen molar-refractivity contribution >= 4 is 57.2 Å². The van der Waals surface area contributed by atoms with Gasteiger partial charge in [0.2, 0.25) is 0 Å². The van der Waals surface area contributed by atoms with Crippen LogP contribution < -0.4 is 14.9 Å². The highest BCUT2D eigenvalue weighted by molar-refractivity contribution is 9.10. The van der Waals surface area contributed by atoms with E-state index in [2.05, 4.69) is 26.5 Å². The van der Waals surface area contributed by atoms with Gasteiger partial charge in [0, 0.05) is 9.50 Å². The second kappa shape index (κ2) is 10.9. The van der Waals surface area contributed by atoms with E-state index >= 15 is 0 Å². The summed E-state index contributed by atoms with van der Waals surface area (Å²) in [6, 6.07) is 18.3. The van der Waals surface area contributed by atoms with Crippen LogP contribution in [0.3, 0.4) is 0 Å². The summed E-state index contributed by atoms with van der Waals surface area (Å²) in [6.07, 6.45) is 1.45. The van der Waals surface area contributed by atoms with Gasteiger partial charge in [-0.1, -0.05) is 45.2 Å². The van der Waals surface area contributed by atoms with Gasteiger partial charge >= 0.3 is 5.97 Å². The second-order valence-electron chi connectivity index (χ2n) is 6.13. The first-order chi connectivity index (χ1) is 14.9. The molecule has 0 aliphatic rings. The molecule has 0 atom stereocenters. The average Bonchev–Trinajstić information content (AvgIpc) is 2.74. The van der Waals surface area contributed by atoms with Gasteiger partial charge in [-0.05, 0) is 66.2 Å². The molecule has 0 saturated carbocycles. The zero-order valence-electron chi connectivity index (χ0n) is 15.8. The summed E-state index contributed by atoms with van der Waals surface area (Å²) < 4.78 is 11.4. The van der Waals surface area contributed by atoms with Crippen LogP contribution in [-0.2, 0) is 4.79 Å². The highest BCUT2D eigenvalue weighted by Crippen LogP contribution is 2.27. The summed E-state index contributed by atoms with van der Waals surface area (Å²) in [5.74, 6) is -0.185. The summed E-state index contributed by atoms with van der Waals surface area (Å²) in [4.78, 5) is 24.0. The Hall–Kier alpha value is -2.87. The van der Waals surface area contributed by atoms with Crippen molar-refractivity contribution in [2.45, 2.75) is 0 Å². The molecule has 0 bridgehead atoms. The van der Waals surface area contributed by atoms with Crippen LogP contribution in [0.15, 0.2) is 76.3 Å². The Morgan fingerprint density at radius 2 is 1.81 bits per heavy atom. The molecule has 0 fully saturated rings. The molecule has 0 unspecified atom stereocenters. The van der Waals surface area contributed by atoms with Crippen LogP contribution >= 0.6 is 39.1 Å². The molecule has 3 aromatic carbocycles. The third-order valence-electron chi connectivity index (χ3n) is 3.81. The van der Waals surface area contributed by atoms with Crippen molar-refractivity contribution in [1.82, 2.24) is 5.43 Å². The molecule has 0 saturated heterocycles. The number of benzene rings is 3. The van der Waals surface area contributed by atoms with E-state index in [1.165, 1.54) is 12.3 Å². The predicted molar refractivity (Wildman–Crippen MR) is 123 cm³/mol. The summed E-state index contributed by atoms with van der Waals surface area (Å²) in [7, 11) is 0. The van der Waals surface area contributed by atoms with E-state index in [1.807, 2.05) is 6.07 Å². The van der Waals surface area contributed by atoms with Crippen LogP contribution in [0.4, 0.5) is 0 Å². The minimum absolute atomic E-state index is 0.261. The molecule has 0 spiro atoms. The largest absolute Gasteiger partial charge is 0.482 e. The molecule has 0 aromatic heterocycles. The molecular weight excluding hydrogens is 507 g/mol. The SMILES string of the molecule is O=C(COc1ccc(Cl)cc1Cl)N/N=C\c1ccc(OC(=O)c2cccc(Br)c2)cc1. The topological polar surface area (TPSA) is 77.0 Å². The van der Waals surface area contributed by atoms with Gasteiger partial charge in [0.15, 0.2) is 6.61 Å². The molecule has 9 heteroatoms. The van der Waals surface area contributed by atoms with Crippen molar-refractivity contribution in [2.75, 3.05) is 6.61 Å². The van der Waals surface area contributed by atoms with Gasteiger partial charge in [0.25, 0.3) is 5.91 Å². The van der Waals surface area contributed by atoms with Crippen LogP contribution in [0, 0.1) is 0 Å². The Morgan fingerprint density at radius 3 is 2.52 bits per heavy atom. The second-order valence-corrected chi connectivity index (χ2v) is 7.88. The summed E-state index contributed by atoms with van der Waals surface area (Å²) >= 11 is 15.1. The molecule has 3 aromatic rings. The zero-order valence-corrected chi connectivity index (χ0v) is 18.9. The van der Waals surface area contributed by atoms with E-state index in [-0.39, 0.29) is 6.61 Å². The van der Waals surface area contributed by atoms with E-state index in [1.54, 1.807) is 54.6 Å². The molecule has 3 rings (SSSR count). The number of hydrogen-bond donors (Lipinski definition) is 1. The van der Waals surface area contributed by atoms with Crippen molar-refractivity contribution < 1.29 is 19.1 Å². The lowest BCUT2D eigenvalue weighted by atomic mass is 10.2. The number of ether oxygens (including phenoxy) is 2. The van der Waals surface area contributed by atoms with Crippen molar-refractivity contribution in [3.63, 3.8) is 0 Å². The normalized spacial score (nSPS) is 10.7. The monoisotopic (exact) mass is 520 g/mol. The molecule has 158 valence electrons. The number of hydrazone groups is 1. The van der Waals surface area contributed by atoms with Gasteiger partial charge in [-0.15, -0.1) is 0 Å². The Kier molecular flexibility index (Phi) is 8.06. The van der Waals surface area contributed by atoms with Crippen LogP contribution in [0.2, 0.25) is 10.0 Å².